The standard InChI is InChI=1S/C9H22N2O2S/c1-4-5-6-7-10-8-9-14(12,13)11(2)3/h10H,4-9H2,1-3H3. The maximum absolute atomic E-state index is 11.3. The minimum atomic E-state index is -3.02. The molecule has 0 atom stereocenters. The summed E-state index contributed by atoms with van der Waals surface area (Å²) in [5.74, 6) is 0.187. The van der Waals surface area contributed by atoms with Crippen LogP contribution in [0.3, 0.4) is 0 Å². The average Bonchev–Trinajstić information content (AvgIpc) is 2.10. The fraction of sp³-hybridized carbons (Fsp3) is 1.00. The highest BCUT2D eigenvalue weighted by atomic mass is 32.2. The van der Waals surface area contributed by atoms with Crippen molar-refractivity contribution in [3.05, 3.63) is 0 Å². The molecule has 14 heavy (non-hydrogen) atoms. The van der Waals surface area contributed by atoms with Gasteiger partial charge in [0.05, 0.1) is 5.75 Å². The van der Waals surface area contributed by atoms with Crippen LogP contribution < -0.4 is 5.32 Å². The van der Waals surface area contributed by atoms with E-state index < -0.39 is 10.0 Å². The van der Waals surface area contributed by atoms with Crippen molar-refractivity contribution in [3.8, 4) is 0 Å². The molecule has 4 nitrogen and oxygen atoms in total. The van der Waals surface area contributed by atoms with E-state index in [2.05, 4.69) is 12.2 Å². The van der Waals surface area contributed by atoms with Gasteiger partial charge in [-0.25, -0.2) is 12.7 Å². The van der Waals surface area contributed by atoms with E-state index in [1.807, 2.05) is 0 Å². The molecule has 0 aromatic rings. The Bertz CT molecular complexity index is 225. The van der Waals surface area contributed by atoms with Crippen LogP contribution in [0.4, 0.5) is 0 Å². The highest BCUT2D eigenvalue weighted by molar-refractivity contribution is 7.89. The Hall–Kier alpha value is -0.130. The van der Waals surface area contributed by atoms with Crippen molar-refractivity contribution in [1.82, 2.24) is 9.62 Å². The minimum Gasteiger partial charge on any atom is -0.316 e. The fourth-order valence-electron chi connectivity index (χ4n) is 1.01. The number of sulfonamides is 1. The lowest BCUT2D eigenvalue weighted by Crippen LogP contribution is -2.31. The maximum atomic E-state index is 11.3. The molecule has 0 saturated heterocycles. The van der Waals surface area contributed by atoms with Gasteiger partial charge in [-0.3, -0.25) is 0 Å². The molecule has 1 N–H and O–H groups in total. The zero-order valence-electron chi connectivity index (χ0n) is 9.41. The molecule has 0 radical (unpaired) electrons. The molecule has 0 spiro atoms. The molecule has 0 saturated carbocycles. The molecule has 0 heterocycles. The van der Waals surface area contributed by atoms with E-state index in [1.54, 1.807) is 14.1 Å². The summed E-state index contributed by atoms with van der Waals surface area (Å²) in [4.78, 5) is 0. The zero-order valence-corrected chi connectivity index (χ0v) is 10.2. The van der Waals surface area contributed by atoms with E-state index in [0.29, 0.717) is 6.54 Å². The average molecular weight is 222 g/mol. The third kappa shape index (κ3) is 6.34. The van der Waals surface area contributed by atoms with Gasteiger partial charge in [0, 0.05) is 20.6 Å². The highest BCUT2D eigenvalue weighted by Gasteiger charge is 2.11. The molecule has 0 aliphatic rings. The minimum absolute atomic E-state index is 0.187. The lowest BCUT2D eigenvalue weighted by molar-refractivity contribution is 0.516. The largest absolute Gasteiger partial charge is 0.316 e. The monoisotopic (exact) mass is 222 g/mol. The summed E-state index contributed by atoms with van der Waals surface area (Å²) in [6, 6.07) is 0. The normalized spacial score (nSPS) is 12.3. The van der Waals surface area contributed by atoms with Gasteiger partial charge in [0.1, 0.15) is 0 Å². The smallest absolute Gasteiger partial charge is 0.214 e. The van der Waals surface area contributed by atoms with Crippen LogP contribution >= 0.6 is 0 Å². The molecule has 5 heteroatoms. The summed E-state index contributed by atoms with van der Waals surface area (Å²) in [7, 11) is 0.104. The summed E-state index contributed by atoms with van der Waals surface area (Å²) >= 11 is 0. The van der Waals surface area contributed by atoms with Gasteiger partial charge in [0.25, 0.3) is 0 Å². The number of nitrogens with one attached hydrogen (secondary N) is 1. The number of hydrogen-bond donors (Lipinski definition) is 1. The summed E-state index contributed by atoms with van der Waals surface area (Å²) < 4.78 is 23.9. The van der Waals surface area contributed by atoms with Crippen molar-refractivity contribution >= 4 is 10.0 Å². The molecule has 0 amide bonds. The quantitative estimate of drug-likeness (QED) is 0.614. The van der Waals surface area contributed by atoms with Crippen LogP contribution in [0, 0.1) is 0 Å². The van der Waals surface area contributed by atoms with Crippen LogP contribution in [0.1, 0.15) is 26.2 Å². The predicted octanol–water partition coefficient (Wildman–Crippen LogP) is 0.658. The Labute approximate surface area is 87.7 Å². The van der Waals surface area contributed by atoms with Crippen molar-refractivity contribution < 1.29 is 8.42 Å². The van der Waals surface area contributed by atoms with Crippen molar-refractivity contribution in [2.24, 2.45) is 0 Å². The second-order valence-electron chi connectivity index (χ2n) is 3.56. The number of nitrogens with zero attached hydrogens (tertiary/aromatic N) is 1. The molecule has 0 fully saturated rings. The lowest BCUT2D eigenvalue weighted by atomic mass is 10.2. The van der Waals surface area contributed by atoms with Gasteiger partial charge < -0.3 is 5.32 Å². The van der Waals surface area contributed by atoms with Gasteiger partial charge in [-0.05, 0) is 13.0 Å². The van der Waals surface area contributed by atoms with Crippen LogP contribution in [0.25, 0.3) is 0 Å². The maximum Gasteiger partial charge on any atom is 0.214 e. The van der Waals surface area contributed by atoms with Crippen LogP contribution in [0.2, 0.25) is 0 Å². The van der Waals surface area contributed by atoms with Crippen molar-refractivity contribution in [2.45, 2.75) is 26.2 Å². The molecule has 86 valence electrons. The van der Waals surface area contributed by atoms with Crippen molar-refractivity contribution in [2.75, 3.05) is 32.9 Å². The first-order chi connectivity index (χ1) is 6.50. The second kappa shape index (κ2) is 7.20. The summed E-state index contributed by atoms with van der Waals surface area (Å²) in [6.07, 6.45) is 3.52. The number of rotatable bonds is 8. The lowest BCUT2D eigenvalue weighted by Gasteiger charge is -2.11. The molecule has 0 aromatic carbocycles. The Morgan fingerprint density at radius 1 is 1.14 bits per heavy atom. The summed E-state index contributed by atoms with van der Waals surface area (Å²) in [5, 5.41) is 3.13. The van der Waals surface area contributed by atoms with E-state index in [1.165, 1.54) is 17.1 Å². The molecule has 0 unspecified atom stereocenters. The van der Waals surface area contributed by atoms with Gasteiger partial charge in [0.2, 0.25) is 10.0 Å². The van der Waals surface area contributed by atoms with Gasteiger partial charge in [0.15, 0.2) is 0 Å². The Morgan fingerprint density at radius 2 is 1.79 bits per heavy atom. The van der Waals surface area contributed by atoms with Gasteiger partial charge in [-0.1, -0.05) is 19.8 Å². The Balaban J connectivity index is 3.46. The van der Waals surface area contributed by atoms with Crippen LogP contribution in [-0.4, -0.2) is 45.7 Å². The van der Waals surface area contributed by atoms with Gasteiger partial charge in [-0.2, -0.15) is 0 Å². The first-order valence-electron chi connectivity index (χ1n) is 5.11. The molecule has 0 aromatic heterocycles. The van der Waals surface area contributed by atoms with E-state index in [9.17, 15) is 8.42 Å². The summed E-state index contributed by atoms with van der Waals surface area (Å²) in [5.41, 5.74) is 0. The third-order valence-corrected chi connectivity index (χ3v) is 3.88. The fourth-order valence-corrected chi connectivity index (χ4v) is 1.78. The van der Waals surface area contributed by atoms with Crippen LogP contribution in [0.15, 0.2) is 0 Å². The topological polar surface area (TPSA) is 49.4 Å². The Kier molecular flexibility index (Phi) is 7.13. The molecule has 0 bridgehead atoms. The molecule has 0 rings (SSSR count). The van der Waals surface area contributed by atoms with Crippen molar-refractivity contribution in [3.63, 3.8) is 0 Å². The molecule has 0 aliphatic heterocycles. The van der Waals surface area contributed by atoms with E-state index in [-0.39, 0.29) is 5.75 Å². The second-order valence-corrected chi connectivity index (χ2v) is 5.86. The molecular formula is C9H22N2O2S. The van der Waals surface area contributed by atoms with E-state index in [4.69, 9.17) is 0 Å². The third-order valence-electron chi connectivity index (χ3n) is 2.05. The summed E-state index contributed by atoms with van der Waals surface area (Å²) in [6.45, 7) is 3.61. The van der Waals surface area contributed by atoms with E-state index in [0.717, 1.165) is 13.0 Å². The Morgan fingerprint density at radius 3 is 2.29 bits per heavy atom. The zero-order chi connectivity index (χ0) is 11.0. The molecule has 0 aliphatic carbocycles. The number of unbranched alkanes of at least 4 members (excludes halogenated alkanes) is 2. The number of hydrogen-bond acceptors (Lipinski definition) is 3. The van der Waals surface area contributed by atoms with Gasteiger partial charge >= 0.3 is 0 Å². The first-order valence-corrected chi connectivity index (χ1v) is 6.72. The van der Waals surface area contributed by atoms with Crippen molar-refractivity contribution in [1.29, 1.82) is 0 Å². The van der Waals surface area contributed by atoms with E-state index >= 15 is 0 Å². The van der Waals surface area contributed by atoms with Crippen LogP contribution in [0.5, 0.6) is 0 Å². The SMILES string of the molecule is CCCCCNCCS(=O)(=O)N(C)C. The molecular weight excluding hydrogens is 200 g/mol. The van der Waals surface area contributed by atoms with Gasteiger partial charge in [-0.15, -0.1) is 0 Å². The predicted molar refractivity (Wildman–Crippen MR) is 59.9 cm³/mol. The highest BCUT2D eigenvalue weighted by Crippen LogP contribution is 1.93. The van der Waals surface area contributed by atoms with Crippen LogP contribution in [-0.2, 0) is 10.0 Å². The first kappa shape index (κ1) is 13.9.